The molecule has 0 amide bonds. The molecule has 1 heterocycles. The van der Waals surface area contributed by atoms with Gasteiger partial charge in [-0.15, -0.1) is 11.3 Å². The molecule has 1 aromatic carbocycles. The SMILES string of the molecule is NCC(COc1ccc(C(F)(F)F)cc1)c1cccs1. The van der Waals surface area contributed by atoms with Crippen molar-refractivity contribution in [2.24, 2.45) is 5.73 Å². The third-order valence-electron chi connectivity index (χ3n) is 2.86. The zero-order valence-corrected chi connectivity index (χ0v) is 11.4. The van der Waals surface area contributed by atoms with E-state index < -0.39 is 11.7 Å². The molecule has 0 spiro atoms. The normalized spacial score (nSPS) is 13.2. The van der Waals surface area contributed by atoms with Gasteiger partial charge in [0, 0.05) is 17.3 Å². The molecular formula is C14H14F3NOS. The number of halogens is 3. The molecule has 1 unspecified atom stereocenters. The Bertz CT molecular complexity index is 522. The van der Waals surface area contributed by atoms with Crippen molar-refractivity contribution < 1.29 is 17.9 Å². The summed E-state index contributed by atoms with van der Waals surface area (Å²) in [4.78, 5) is 1.11. The van der Waals surface area contributed by atoms with E-state index in [0.29, 0.717) is 18.9 Å². The highest BCUT2D eigenvalue weighted by molar-refractivity contribution is 7.10. The van der Waals surface area contributed by atoms with Crippen LogP contribution in [0.15, 0.2) is 41.8 Å². The molecule has 0 bridgehead atoms. The Kier molecular flexibility index (Phi) is 4.67. The summed E-state index contributed by atoms with van der Waals surface area (Å²) in [6.07, 6.45) is -4.32. The fraction of sp³-hybridized carbons (Fsp3) is 0.286. The molecule has 0 aliphatic heterocycles. The van der Waals surface area contributed by atoms with E-state index in [1.165, 1.54) is 12.1 Å². The maximum Gasteiger partial charge on any atom is 0.416 e. The van der Waals surface area contributed by atoms with E-state index in [1.807, 2.05) is 17.5 Å². The van der Waals surface area contributed by atoms with Gasteiger partial charge in [0.2, 0.25) is 0 Å². The van der Waals surface area contributed by atoms with Gasteiger partial charge in [0.05, 0.1) is 12.2 Å². The zero-order valence-electron chi connectivity index (χ0n) is 10.6. The second kappa shape index (κ2) is 6.28. The Balaban J connectivity index is 1.97. The predicted molar refractivity (Wildman–Crippen MR) is 73.1 cm³/mol. The Morgan fingerprint density at radius 1 is 1.15 bits per heavy atom. The van der Waals surface area contributed by atoms with Crippen LogP contribution in [0.1, 0.15) is 16.4 Å². The molecule has 108 valence electrons. The number of hydrogen-bond acceptors (Lipinski definition) is 3. The third kappa shape index (κ3) is 3.74. The molecule has 0 saturated heterocycles. The number of alkyl halides is 3. The van der Waals surface area contributed by atoms with Gasteiger partial charge in [-0.25, -0.2) is 0 Å². The quantitative estimate of drug-likeness (QED) is 0.909. The second-order valence-corrected chi connectivity index (χ2v) is 5.26. The monoisotopic (exact) mass is 301 g/mol. The first-order valence-electron chi connectivity index (χ1n) is 6.04. The van der Waals surface area contributed by atoms with Crippen LogP contribution < -0.4 is 10.5 Å². The van der Waals surface area contributed by atoms with Gasteiger partial charge < -0.3 is 10.5 Å². The van der Waals surface area contributed by atoms with Crippen molar-refractivity contribution in [2.45, 2.75) is 12.1 Å². The topological polar surface area (TPSA) is 35.2 Å². The Labute approximate surface area is 119 Å². The summed E-state index contributed by atoms with van der Waals surface area (Å²) in [6.45, 7) is 0.781. The number of benzene rings is 1. The van der Waals surface area contributed by atoms with Crippen LogP contribution in [0.25, 0.3) is 0 Å². The zero-order chi connectivity index (χ0) is 14.6. The molecule has 2 nitrogen and oxygen atoms in total. The van der Waals surface area contributed by atoms with E-state index in [1.54, 1.807) is 11.3 Å². The van der Waals surface area contributed by atoms with Crippen LogP contribution in [0, 0.1) is 0 Å². The largest absolute Gasteiger partial charge is 0.493 e. The third-order valence-corrected chi connectivity index (χ3v) is 3.90. The van der Waals surface area contributed by atoms with E-state index in [9.17, 15) is 13.2 Å². The first kappa shape index (κ1) is 14.9. The average Bonchev–Trinajstić information content (AvgIpc) is 2.93. The van der Waals surface area contributed by atoms with Gasteiger partial charge in [-0.3, -0.25) is 0 Å². The molecule has 0 aliphatic rings. The second-order valence-electron chi connectivity index (χ2n) is 4.28. The molecule has 1 aromatic heterocycles. The van der Waals surface area contributed by atoms with Crippen molar-refractivity contribution >= 4 is 11.3 Å². The van der Waals surface area contributed by atoms with Crippen molar-refractivity contribution in [1.29, 1.82) is 0 Å². The minimum Gasteiger partial charge on any atom is -0.493 e. The smallest absolute Gasteiger partial charge is 0.416 e. The lowest BCUT2D eigenvalue weighted by molar-refractivity contribution is -0.137. The molecule has 2 aromatic rings. The first-order chi connectivity index (χ1) is 9.50. The standard InChI is InChI=1S/C14H14F3NOS/c15-14(16,17)11-3-5-12(6-4-11)19-9-10(8-18)13-2-1-7-20-13/h1-7,10H,8-9,18H2. The summed E-state index contributed by atoms with van der Waals surface area (Å²) in [5, 5.41) is 1.95. The lowest BCUT2D eigenvalue weighted by Crippen LogP contribution is -2.18. The van der Waals surface area contributed by atoms with Crippen LogP contribution >= 0.6 is 11.3 Å². The Hall–Kier alpha value is -1.53. The Morgan fingerprint density at radius 2 is 1.85 bits per heavy atom. The van der Waals surface area contributed by atoms with Crippen molar-refractivity contribution in [3.05, 3.63) is 52.2 Å². The lowest BCUT2D eigenvalue weighted by atomic mass is 10.1. The van der Waals surface area contributed by atoms with Crippen LogP contribution in [0.3, 0.4) is 0 Å². The number of thiophene rings is 1. The molecule has 0 radical (unpaired) electrons. The van der Waals surface area contributed by atoms with Crippen LogP contribution in [-0.2, 0) is 6.18 Å². The highest BCUT2D eigenvalue weighted by atomic mass is 32.1. The van der Waals surface area contributed by atoms with Crippen molar-refractivity contribution in [2.75, 3.05) is 13.2 Å². The van der Waals surface area contributed by atoms with Gasteiger partial charge in [0.15, 0.2) is 0 Å². The van der Waals surface area contributed by atoms with E-state index in [4.69, 9.17) is 10.5 Å². The van der Waals surface area contributed by atoms with Crippen molar-refractivity contribution in [1.82, 2.24) is 0 Å². The minimum absolute atomic E-state index is 0.0530. The molecule has 0 saturated carbocycles. The molecule has 0 aliphatic carbocycles. The molecule has 6 heteroatoms. The van der Waals surface area contributed by atoms with Crippen LogP contribution in [-0.4, -0.2) is 13.2 Å². The van der Waals surface area contributed by atoms with Gasteiger partial charge in [-0.2, -0.15) is 13.2 Å². The fourth-order valence-corrected chi connectivity index (χ4v) is 2.55. The van der Waals surface area contributed by atoms with E-state index in [0.717, 1.165) is 17.0 Å². The predicted octanol–water partition coefficient (Wildman–Crippen LogP) is 3.89. The van der Waals surface area contributed by atoms with E-state index in [-0.39, 0.29) is 5.92 Å². The van der Waals surface area contributed by atoms with Gasteiger partial charge in [0.1, 0.15) is 5.75 Å². The molecule has 2 rings (SSSR count). The molecule has 2 N–H and O–H groups in total. The van der Waals surface area contributed by atoms with Crippen LogP contribution in [0.5, 0.6) is 5.75 Å². The first-order valence-corrected chi connectivity index (χ1v) is 6.92. The van der Waals surface area contributed by atoms with Gasteiger partial charge in [-0.1, -0.05) is 6.07 Å². The molecular weight excluding hydrogens is 287 g/mol. The van der Waals surface area contributed by atoms with E-state index >= 15 is 0 Å². The summed E-state index contributed by atoms with van der Waals surface area (Å²) < 4.78 is 42.8. The highest BCUT2D eigenvalue weighted by Gasteiger charge is 2.30. The number of hydrogen-bond donors (Lipinski definition) is 1. The van der Waals surface area contributed by atoms with Gasteiger partial charge in [0.25, 0.3) is 0 Å². The molecule has 1 atom stereocenters. The van der Waals surface area contributed by atoms with Crippen molar-refractivity contribution in [3.8, 4) is 5.75 Å². The summed E-state index contributed by atoms with van der Waals surface area (Å²) in [7, 11) is 0. The maximum absolute atomic E-state index is 12.4. The van der Waals surface area contributed by atoms with Crippen LogP contribution in [0.2, 0.25) is 0 Å². The molecule has 20 heavy (non-hydrogen) atoms. The maximum atomic E-state index is 12.4. The minimum atomic E-state index is -4.32. The number of nitrogens with two attached hydrogens (primary N) is 1. The van der Waals surface area contributed by atoms with Gasteiger partial charge in [-0.05, 0) is 35.7 Å². The number of ether oxygens (including phenoxy) is 1. The summed E-state index contributed by atoms with van der Waals surface area (Å²) in [5.74, 6) is 0.463. The molecule has 0 fully saturated rings. The van der Waals surface area contributed by atoms with Gasteiger partial charge >= 0.3 is 6.18 Å². The van der Waals surface area contributed by atoms with E-state index in [2.05, 4.69) is 0 Å². The summed E-state index contributed by atoms with van der Waals surface area (Å²) in [6, 6.07) is 8.57. The average molecular weight is 301 g/mol. The number of rotatable bonds is 5. The highest BCUT2D eigenvalue weighted by Crippen LogP contribution is 2.30. The lowest BCUT2D eigenvalue weighted by Gasteiger charge is -2.15. The van der Waals surface area contributed by atoms with Crippen molar-refractivity contribution in [3.63, 3.8) is 0 Å². The summed E-state index contributed by atoms with van der Waals surface area (Å²) in [5.41, 5.74) is 5.01. The Morgan fingerprint density at radius 3 is 2.35 bits per heavy atom. The summed E-state index contributed by atoms with van der Waals surface area (Å²) >= 11 is 1.59. The fourth-order valence-electron chi connectivity index (χ4n) is 1.73. The van der Waals surface area contributed by atoms with Crippen LogP contribution in [0.4, 0.5) is 13.2 Å².